The number of hydrogen-bond acceptors (Lipinski definition) is 5. The molecule has 2 aliphatic heterocycles. The Hall–Kier alpha value is -2.94. The second-order valence-electron chi connectivity index (χ2n) is 8.69. The molecule has 1 N–H and O–H groups in total. The summed E-state index contributed by atoms with van der Waals surface area (Å²) in [5.41, 5.74) is 4.52. The highest BCUT2D eigenvalue weighted by Crippen LogP contribution is 2.38. The molecule has 0 radical (unpaired) electrons. The van der Waals surface area contributed by atoms with Crippen molar-refractivity contribution in [2.45, 2.75) is 31.1 Å². The van der Waals surface area contributed by atoms with Gasteiger partial charge in [0.15, 0.2) is 5.17 Å². The summed E-state index contributed by atoms with van der Waals surface area (Å²) < 4.78 is 0.863. The molecule has 1 saturated heterocycles. The number of amides is 2. The van der Waals surface area contributed by atoms with Crippen molar-refractivity contribution in [1.82, 2.24) is 5.01 Å². The molecule has 9 heteroatoms. The second kappa shape index (κ2) is 10.2. The summed E-state index contributed by atoms with van der Waals surface area (Å²) in [4.78, 5) is 27.1. The Balaban J connectivity index is 1.39. The zero-order valence-electron chi connectivity index (χ0n) is 19.3. The van der Waals surface area contributed by atoms with Crippen LogP contribution in [0.25, 0.3) is 0 Å². The maximum absolute atomic E-state index is 13.2. The Bertz CT molecular complexity index is 1360. The summed E-state index contributed by atoms with van der Waals surface area (Å²) in [5.74, 6) is -0.589. The largest absolute Gasteiger partial charge is 0.277 e. The Morgan fingerprint density at radius 1 is 1.00 bits per heavy atom. The van der Waals surface area contributed by atoms with Gasteiger partial charge in [-0.05, 0) is 54.4 Å². The van der Waals surface area contributed by atoms with Crippen LogP contribution in [0.15, 0.2) is 82.4 Å². The number of nitrogens with one attached hydrogen (secondary N) is 1. The normalized spacial score (nSPS) is 19.7. The van der Waals surface area contributed by atoms with E-state index in [0.717, 1.165) is 38.6 Å². The topological polar surface area (TPSA) is 76.8 Å². The minimum atomic E-state index is -0.682. The molecule has 2 amide bonds. The first-order valence-electron chi connectivity index (χ1n) is 11.4. The summed E-state index contributed by atoms with van der Waals surface area (Å²) in [6, 6.07) is 22.5. The molecule has 0 saturated carbocycles. The summed E-state index contributed by atoms with van der Waals surface area (Å²) in [5, 5.41) is 15.4. The van der Waals surface area contributed by atoms with Crippen LogP contribution in [0.3, 0.4) is 0 Å². The molecule has 6 nitrogen and oxygen atoms in total. The fourth-order valence-corrected chi connectivity index (χ4v) is 5.68. The fraction of sp³-hybridized carbons (Fsp3) is 0.185. The van der Waals surface area contributed by atoms with Crippen LogP contribution in [0.4, 0.5) is 5.69 Å². The standard InChI is InChI=1S/C27H22BrClN4O2S/c1-16-2-4-17(5-3-16)22-14-23(18-6-10-20(29)11-7-18)33(31-22)27(30)36-24-15-25(34)32(26(24)35)21-12-8-19(28)9-13-21/h2-13,23-24,30H,14-15H2,1H3/t23-,24+/m1/s1. The van der Waals surface area contributed by atoms with Crippen molar-refractivity contribution >= 4 is 67.7 Å². The van der Waals surface area contributed by atoms with Crippen molar-refractivity contribution in [3.05, 3.63) is 99.0 Å². The molecule has 0 aromatic heterocycles. The Morgan fingerprint density at radius 2 is 1.67 bits per heavy atom. The molecule has 3 aromatic carbocycles. The van der Waals surface area contributed by atoms with E-state index < -0.39 is 5.25 Å². The van der Waals surface area contributed by atoms with Crippen LogP contribution in [0.1, 0.15) is 35.6 Å². The van der Waals surface area contributed by atoms with Crippen molar-refractivity contribution in [3.8, 4) is 0 Å². The highest BCUT2D eigenvalue weighted by atomic mass is 79.9. The van der Waals surface area contributed by atoms with Gasteiger partial charge in [-0.2, -0.15) is 5.10 Å². The number of amidine groups is 1. The third-order valence-electron chi connectivity index (χ3n) is 6.20. The van der Waals surface area contributed by atoms with Crippen LogP contribution in [-0.4, -0.2) is 33.0 Å². The number of rotatable bonds is 4. The minimum absolute atomic E-state index is 0.0376. The first-order valence-corrected chi connectivity index (χ1v) is 13.4. The Kier molecular flexibility index (Phi) is 7.01. The highest BCUT2D eigenvalue weighted by Gasteiger charge is 2.42. The SMILES string of the molecule is Cc1ccc(C2=NN(C(=N)S[C@H]3CC(=O)N(c4ccc(Br)cc4)C3=O)[C@@H](c3ccc(Cl)cc3)C2)cc1. The highest BCUT2D eigenvalue weighted by molar-refractivity contribution is 9.10. The van der Waals surface area contributed by atoms with Gasteiger partial charge in [0.2, 0.25) is 11.8 Å². The van der Waals surface area contributed by atoms with E-state index in [1.54, 1.807) is 29.3 Å². The van der Waals surface area contributed by atoms with Crippen molar-refractivity contribution in [2.75, 3.05) is 4.90 Å². The fourth-order valence-electron chi connectivity index (χ4n) is 4.31. The number of benzene rings is 3. The zero-order chi connectivity index (χ0) is 25.4. The molecule has 2 heterocycles. The lowest BCUT2D eigenvalue weighted by atomic mass is 9.98. The quantitative estimate of drug-likeness (QED) is 0.215. The number of carbonyl (C=O) groups is 2. The first kappa shape index (κ1) is 24.7. The van der Waals surface area contributed by atoms with Crippen LogP contribution in [0.2, 0.25) is 5.02 Å². The Morgan fingerprint density at radius 3 is 2.33 bits per heavy atom. The lowest BCUT2D eigenvalue weighted by molar-refractivity contribution is -0.121. The minimum Gasteiger partial charge on any atom is -0.277 e. The average molecular weight is 582 g/mol. The van der Waals surface area contributed by atoms with E-state index in [2.05, 4.69) is 15.9 Å². The zero-order valence-corrected chi connectivity index (χ0v) is 22.5. The third-order valence-corrected chi connectivity index (χ3v) is 8.05. The number of anilines is 1. The third kappa shape index (κ3) is 4.98. The van der Waals surface area contributed by atoms with Gasteiger partial charge in [0.05, 0.1) is 17.4 Å². The van der Waals surface area contributed by atoms with Crippen molar-refractivity contribution in [3.63, 3.8) is 0 Å². The number of carbonyl (C=O) groups excluding carboxylic acids is 2. The number of hydrogen-bond donors (Lipinski definition) is 1. The smallest absolute Gasteiger partial charge is 0.247 e. The summed E-state index contributed by atoms with van der Waals surface area (Å²) >= 11 is 10.6. The van der Waals surface area contributed by atoms with E-state index in [4.69, 9.17) is 22.1 Å². The van der Waals surface area contributed by atoms with Crippen LogP contribution >= 0.6 is 39.3 Å². The predicted molar refractivity (Wildman–Crippen MR) is 149 cm³/mol. The van der Waals surface area contributed by atoms with Crippen LogP contribution in [0.5, 0.6) is 0 Å². The van der Waals surface area contributed by atoms with Crippen LogP contribution < -0.4 is 4.90 Å². The number of thioether (sulfide) groups is 1. The van der Waals surface area contributed by atoms with E-state index >= 15 is 0 Å². The molecule has 5 rings (SSSR count). The van der Waals surface area contributed by atoms with Crippen molar-refractivity contribution < 1.29 is 9.59 Å². The van der Waals surface area contributed by atoms with Crippen LogP contribution in [0, 0.1) is 12.3 Å². The predicted octanol–water partition coefficient (Wildman–Crippen LogP) is 6.56. The molecule has 0 spiro atoms. The molecule has 0 aliphatic carbocycles. The van der Waals surface area contributed by atoms with Crippen molar-refractivity contribution in [1.29, 1.82) is 5.41 Å². The van der Waals surface area contributed by atoms with Gasteiger partial charge in [0, 0.05) is 22.3 Å². The van der Waals surface area contributed by atoms with Gasteiger partial charge in [-0.25, -0.2) is 9.91 Å². The number of hydrazone groups is 1. The second-order valence-corrected chi connectivity index (χ2v) is 11.2. The van der Waals surface area contributed by atoms with Gasteiger partial charge in [0.25, 0.3) is 0 Å². The molecule has 2 atom stereocenters. The van der Waals surface area contributed by atoms with E-state index in [1.165, 1.54) is 4.90 Å². The lowest BCUT2D eigenvalue weighted by Gasteiger charge is -2.24. The van der Waals surface area contributed by atoms with Gasteiger partial charge < -0.3 is 0 Å². The van der Waals surface area contributed by atoms with Gasteiger partial charge in [0.1, 0.15) is 5.25 Å². The molecule has 0 unspecified atom stereocenters. The molecule has 3 aromatic rings. The van der Waals surface area contributed by atoms with Gasteiger partial charge in [-0.3, -0.25) is 15.0 Å². The lowest BCUT2D eigenvalue weighted by Crippen LogP contribution is -2.32. The summed E-state index contributed by atoms with van der Waals surface area (Å²) in [7, 11) is 0. The number of aryl methyl sites for hydroxylation is 1. The molecule has 2 aliphatic rings. The molecule has 1 fully saturated rings. The maximum atomic E-state index is 13.2. The van der Waals surface area contributed by atoms with Gasteiger partial charge in [-0.15, -0.1) is 0 Å². The molecule has 36 heavy (non-hydrogen) atoms. The average Bonchev–Trinajstić information content (AvgIpc) is 3.42. The Labute approximate surface area is 227 Å². The van der Waals surface area contributed by atoms with Gasteiger partial charge >= 0.3 is 0 Å². The molecular formula is C27H22BrClN4O2S. The van der Waals surface area contributed by atoms with E-state index in [9.17, 15) is 9.59 Å². The van der Waals surface area contributed by atoms with E-state index in [1.807, 2.05) is 55.5 Å². The van der Waals surface area contributed by atoms with E-state index in [0.29, 0.717) is 17.1 Å². The number of halogens is 2. The number of nitrogens with zero attached hydrogens (tertiary/aromatic N) is 3. The van der Waals surface area contributed by atoms with Gasteiger partial charge in [-0.1, -0.05) is 81.3 Å². The molecule has 182 valence electrons. The maximum Gasteiger partial charge on any atom is 0.247 e. The first-order chi connectivity index (χ1) is 17.3. The number of imide groups is 1. The van der Waals surface area contributed by atoms with E-state index in [-0.39, 0.29) is 29.4 Å². The monoisotopic (exact) mass is 580 g/mol. The summed E-state index contributed by atoms with van der Waals surface area (Å²) in [6.45, 7) is 2.03. The molecule has 0 bridgehead atoms. The van der Waals surface area contributed by atoms with Crippen molar-refractivity contribution in [2.24, 2.45) is 5.10 Å². The molecular weight excluding hydrogens is 560 g/mol. The summed E-state index contributed by atoms with van der Waals surface area (Å²) in [6.07, 6.45) is 0.645. The van der Waals surface area contributed by atoms with Crippen LogP contribution in [-0.2, 0) is 9.59 Å².